The van der Waals surface area contributed by atoms with Crippen molar-refractivity contribution in [2.24, 2.45) is 0 Å². The Hall–Kier alpha value is -1.88. The van der Waals surface area contributed by atoms with E-state index in [1.807, 2.05) is 32.0 Å². The Morgan fingerprint density at radius 1 is 1.26 bits per heavy atom. The Bertz CT molecular complexity index is 495. The van der Waals surface area contributed by atoms with Crippen molar-refractivity contribution in [3.05, 3.63) is 29.3 Å². The summed E-state index contributed by atoms with van der Waals surface area (Å²) in [5, 5.41) is 14.4. The predicted molar refractivity (Wildman–Crippen MR) is 74.3 cm³/mol. The van der Waals surface area contributed by atoms with Crippen LogP contribution in [0.4, 0.5) is 5.69 Å². The average molecular weight is 264 g/mol. The first-order valence-corrected chi connectivity index (χ1v) is 6.08. The molecule has 0 heterocycles. The summed E-state index contributed by atoms with van der Waals surface area (Å²) >= 11 is 0. The van der Waals surface area contributed by atoms with Gasteiger partial charge in [-0.1, -0.05) is 17.7 Å². The fourth-order valence-electron chi connectivity index (χ4n) is 1.53. The number of carboxylic acid groups (broad SMARTS) is 1. The summed E-state index contributed by atoms with van der Waals surface area (Å²) in [5.41, 5.74) is 1.72. The molecule has 5 nitrogen and oxygen atoms in total. The highest BCUT2D eigenvalue weighted by atomic mass is 16.4. The number of rotatable bonds is 5. The first-order valence-electron chi connectivity index (χ1n) is 6.08. The maximum absolute atomic E-state index is 11.8. The van der Waals surface area contributed by atoms with Crippen LogP contribution in [0.15, 0.2) is 18.2 Å². The Kier molecular flexibility index (Phi) is 4.67. The standard InChI is InChI=1S/C14H20N2O3/c1-9-5-6-11(10(2)7-9)16-12(17)8-15-14(3,4)13(18)19/h5-7,15H,8H2,1-4H3,(H,16,17)(H,18,19). The van der Waals surface area contributed by atoms with Crippen LogP contribution in [-0.2, 0) is 9.59 Å². The molecular formula is C14H20N2O3. The van der Waals surface area contributed by atoms with Crippen molar-refractivity contribution in [3.63, 3.8) is 0 Å². The van der Waals surface area contributed by atoms with Crippen molar-refractivity contribution in [1.29, 1.82) is 0 Å². The van der Waals surface area contributed by atoms with Gasteiger partial charge in [-0.15, -0.1) is 0 Å². The zero-order chi connectivity index (χ0) is 14.6. The lowest BCUT2D eigenvalue weighted by molar-refractivity contribution is -0.143. The largest absolute Gasteiger partial charge is 0.480 e. The molecule has 1 aromatic rings. The molecule has 0 aromatic heterocycles. The number of aliphatic carboxylic acids is 1. The van der Waals surface area contributed by atoms with Crippen molar-refractivity contribution in [1.82, 2.24) is 5.32 Å². The van der Waals surface area contributed by atoms with Gasteiger partial charge in [0.1, 0.15) is 5.54 Å². The molecule has 0 aliphatic carbocycles. The van der Waals surface area contributed by atoms with Crippen molar-refractivity contribution in [2.75, 3.05) is 11.9 Å². The first-order chi connectivity index (χ1) is 8.72. The van der Waals surface area contributed by atoms with Crippen LogP contribution in [0, 0.1) is 13.8 Å². The fraction of sp³-hybridized carbons (Fsp3) is 0.429. The molecule has 104 valence electrons. The smallest absolute Gasteiger partial charge is 0.323 e. The Labute approximate surface area is 113 Å². The van der Waals surface area contributed by atoms with Crippen molar-refractivity contribution >= 4 is 17.6 Å². The van der Waals surface area contributed by atoms with E-state index in [2.05, 4.69) is 10.6 Å². The molecule has 0 atom stereocenters. The minimum atomic E-state index is -1.13. The van der Waals surface area contributed by atoms with Crippen LogP contribution in [-0.4, -0.2) is 29.1 Å². The van der Waals surface area contributed by atoms with Gasteiger partial charge in [0.15, 0.2) is 0 Å². The molecule has 0 unspecified atom stereocenters. The molecule has 3 N–H and O–H groups in total. The Morgan fingerprint density at radius 3 is 2.42 bits per heavy atom. The van der Waals surface area contributed by atoms with Crippen LogP contribution in [0.5, 0.6) is 0 Å². The Morgan fingerprint density at radius 2 is 1.89 bits per heavy atom. The third-order valence-corrected chi connectivity index (χ3v) is 2.88. The molecule has 19 heavy (non-hydrogen) atoms. The molecule has 0 fully saturated rings. The topological polar surface area (TPSA) is 78.4 Å². The molecule has 0 bridgehead atoms. The van der Waals surface area contributed by atoms with Gasteiger partial charge in [-0.2, -0.15) is 0 Å². The predicted octanol–water partition coefficient (Wildman–Crippen LogP) is 1.69. The molecule has 0 saturated heterocycles. The molecule has 0 aliphatic heterocycles. The van der Waals surface area contributed by atoms with Crippen LogP contribution in [0.2, 0.25) is 0 Å². The van der Waals surface area contributed by atoms with E-state index in [9.17, 15) is 9.59 Å². The summed E-state index contributed by atoms with van der Waals surface area (Å²) in [4.78, 5) is 22.6. The summed E-state index contributed by atoms with van der Waals surface area (Å²) in [6.45, 7) is 6.87. The van der Waals surface area contributed by atoms with Crippen LogP contribution in [0.3, 0.4) is 0 Å². The maximum Gasteiger partial charge on any atom is 0.323 e. The van der Waals surface area contributed by atoms with E-state index in [-0.39, 0.29) is 12.5 Å². The number of amides is 1. The summed E-state index contributed by atoms with van der Waals surface area (Å²) in [7, 11) is 0. The van der Waals surface area contributed by atoms with E-state index in [0.717, 1.165) is 16.8 Å². The highest BCUT2D eigenvalue weighted by molar-refractivity contribution is 5.93. The SMILES string of the molecule is Cc1ccc(NC(=O)CNC(C)(C)C(=O)O)c(C)c1. The lowest BCUT2D eigenvalue weighted by Crippen LogP contribution is -2.49. The third-order valence-electron chi connectivity index (χ3n) is 2.88. The summed E-state index contributed by atoms with van der Waals surface area (Å²) in [6.07, 6.45) is 0. The van der Waals surface area contributed by atoms with Gasteiger partial charge < -0.3 is 10.4 Å². The van der Waals surface area contributed by atoms with Crippen LogP contribution >= 0.6 is 0 Å². The van der Waals surface area contributed by atoms with Gasteiger partial charge in [-0.05, 0) is 39.3 Å². The highest BCUT2D eigenvalue weighted by Gasteiger charge is 2.26. The van der Waals surface area contributed by atoms with E-state index in [1.165, 1.54) is 13.8 Å². The number of carbonyl (C=O) groups is 2. The number of carboxylic acids is 1. The highest BCUT2D eigenvalue weighted by Crippen LogP contribution is 2.15. The average Bonchev–Trinajstić information content (AvgIpc) is 2.30. The van der Waals surface area contributed by atoms with Gasteiger partial charge in [-0.25, -0.2) is 0 Å². The van der Waals surface area contributed by atoms with Gasteiger partial charge in [0.05, 0.1) is 6.54 Å². The molecule has 0 saturated carbocycles. The monoisotopic (exact) mass is 264 g/mol. The van der Waals surface area contributed by atoms with E-state index in [0.29, 0.717) is 0 Å². The summed E-state index contributed by atoms with van der Waals surface area (Å²) in [5.74, 6) is -1.26. The zero-order valence-electron chi connectivity index (χ0n) is 11.7. The molecule has 0 radical (unpaired) electrons. The zero-order valence-corrected chi connectivity index (χ0v) is 11.7. The Balaban J connectivity index is 2.59. The molecule has 1 rings (SSSR count). The number of hydrogen-bond donors (Lipinski definition) is 3. The first kappa shape index (κ1) is 15.2. The molecule has 0 spiro atoms. The minimum Gasteiger partial charge on any atom is -0.480 e. The quantitative estimate of drug-likeness (QED) is 0.756. The van der Waals surface area contributed by atoms with Gasteiger partial charge in [-0.3, -0.25) is 14.9 Å². The van der Waals surface area contributed by atoms with Crippen molar-refractivity contribution in [2.45, 2.75) is 33.2 Å². The maximum atomic E-state index is 11.8. The van der Waals surface area contributed by atoms with Crippen LogP contribution < -0.4 is 10.6 Å². The van der Waals surface area contributed by atoms with Crippen LogP contribution in [0.25, 0.3) is 0 Å². The van der Waals surface area contributed by atoms with E-state index >= 15 is 0 Å². The number of benzene rings is 1. The van der Waals surface area contributed by atoms with E-state index in [4.69, 9.17) is 5.11 Å². The molecule has 0 aliphatic rings. The van der Waals surface area contributed by atoms with E-state index < -0.39 is 11.5 Å². The van der Waals surface area contributed by atoms with E-state index in [1.54, 1.807) is 0 Å². The lowest BCUT2D eigenvalue weighted by atomic mass is 10.1. The molecule has 5 heteroatoms. The van der Waals surface area contributed by atoms with Gasteiger partial charge >= 0.3 is 5.97 Å². The number of anilines is 1. The molecular weight excluding hydrogens is 244 g/mol. The minimum absolute atomic E-state index is 0.0490. The van der Waals surface area contributed by atoms with Crippen molar-refractivity contribution in [3.8, 4) is 0 Å². The van der Waals surface area contributed by atoms with Gasteiger partial charge in [0.2, 0.25) is 5.91 Å². The molecule has 1 amide bonds. The number of aryl methyl sites for hydroxylation is 2. The fourth-order valence-corrected chi connectivity index (χ4v) is 1.53. The second-order valence-electron chi connectivity index (χ2n) is 5.15. The van der Waals surface area contributed by atoms with Crippen molar-refractivity contribution < 1.29 is 14.7 Å². The lowest BCUT2D eigenvalue weighted by Gasteiger charge is -2.20. The second kappa shape index (κ2) is 5.84. The second-order valence-corrected chi connectivity index (χ2v) is 5.15. The van der Waals surface area contributed by atoms with Gasteiger partial charge in [0, 0.05) is 5.69 Å². The molecule has 1 aromatic carbocycles. The normalized spacial score (nSPS) is 11.2. The summed E-state index contributed by atoms with van der Waals surface area (Å²) in [6, 6.07) is 5.73. The third kappa shape index (κ3) is 4.37. The number of nitrogens with one attached hydrogen (secondary N) is 2. The van der Waals surface area contributed by atoms with Crippen LogP contribution in [0.1, 0.15) is 25.0 Å². The summed E-state index contributed by atoms with van der Waals surface area (Å²) < 4.78 is 0. The number of hydrogen-bond acceptors (Lipinski definition) is 3. The number of carbonyl (C=O) groups excluding carboxylic acids is 1. The van der Waals surface area contributed by atoms with Gasteiger partial charge in [0.25, 0.3) is 0 Å².